The number of hydrogen-bond acceptors (Lipinski definition) is 6. The lowest BCUT2D eigenvalue weighted by Crippen LogP contribution is -2.57. The highest BCUT2D eigenvalue weighted by atomic mass is 32.2. The summed E-state index contributed by atoms with van der Waals surface area (Å²) in [6, 6.07) is 0. The molecular weight excluding hydrogens is 304 g/mol. The third-order valence-corrected chi connectivity index (χ3v) is 4.43. The molecule has 0 radical (unpaired) electrons. The summed E-state index contributed by atoms with van der Waals surface area (Å²) in [4.78, 5) is 22.9. The summed E-state index contributed by atoms with van der Waals surface area (Å²) in [5, 5.41) is 11.5. The van der Waals surface area contributed by atoms with Gasteiger partial charge in [0.05, 0.1) is 18.9 Å². The molecule has 0 aromatic heterocycles. The van der Waals surface area contributed by atoms with Gasteiger partial charge >= 0.3 is 5.97 Å². The molecule has 0 bridgehead atoms. The number of carboxylic acid groups (broad SMARTS) is 1. The van der Waals surface area contributed by atoms with Gasteiger partial charge in [-0.1, -0.05) is 0 Å². The van der Waals surface area contributed by atoms with Crippen molar-refractivity contribution in [3.05, 3.63) is 0 Å². The van der Waals surface area contributed by atoms with E-state index in [9.17, 15) is 18.0 Å². The number of aliphatic carboxylic acids is 1. The van der Waals surface area contributed by atoms with Crippen molar-refractivity contribution in [1.29, 1.82) is 0 Å². The Kier molecular flexibility index (Phi) is 6.52. The van der Waals surface area contributed by atoms with Crippen LogP contribution in [0.25, 0.3) is 0 Å². The van der Waals surface area contributed by atoms with E-state index in [-0.39, 0.29) is 25.4 Å². The number of carboxylic acids is 1. The smallest absolute Gasteiger partial charge is 0.331 e. The first-order chi connectivity index (χ1) is 9.81. The molecule has 1 atom stereocenters. The number of nitrogens with one attached hydrogen (secondary N) is 2. The maximum absolute atomic E-state index is 11.7. The first-order valence-electron chi connectivity index (χ1n) is 6.40. The monoisotopic (exact) mass is 324 g/mol. The fraction of sp³-hybridized carbons (Fsp3) is 0.818. The van der Waals surface area contributed by atoms with E-state index < -0.39 is 34.0 Å². The zero-order valence-electron chi connectivity index (χ0n) is 11.8. The fourth-order valence-electron chi connectivity index (χ4n) is 1.84. The van der Waals surface area contributed by atoms with Gasteiger partial charge < -0.3 is 19.9 Å². The molecule has 1 amide bonds. The van der Waals surface area contributed by atoms with E-state index in [0.717, 1.165) is 0 Å². The summed E-state index contributed by atoms with van der Waals surface area (Å²) in [6.45, 7) is -0.110. The van der Waals surface area contributed by atoms with Gasteiger partial charge in [-0.05, 0) is 6.42 Å². The molecular formula is C11H20N2O7S. The van der Waals surface area contributed by atoms with E-state index in [4.69, 9.17) is 14.6 Å². The van der Waals surface area contributed by atoms with Gasteiger partial charge in [-0.3, -0.25) is 4.79 Å². The molecule has 1 aliphatic rings. The summed E-state index contributed by atoms with van der Waals surface area (Å²) < 4.78 is 35.0. The van der Waals surface area contributed by atoms with E-state index in [1.54, 1.807) is 0 Å². The van der Waals surface area contributed by atoms with Crippen LogP contribution in [0, 0.1) is 0 Å². The molecule has 1 heterocycles. The molecule has 0 aliphatic carbocycles. The minimum Gasteiger partial charge on any atom is -0.479 e. The second-order valence-corrected chi connectivity index (χ2v) is 6.65. The summed E-state index contributed by atoms with van der Waals surface area (Å²) >= 11 is 0. The van der Waals surface area contributed by atoms with Gasteiger partial charge in [0.15, 0.2) is 5.54 Å². The summed E-state index contributed by atoms with van der Waals surface area (Å²) in [7, 11) is -2.13. The van der Waals surface area contributed by atoms with Gasteiger partial charge in [0.25, 0.3) is 0 Å². The van der Waals surface area contributed by atoms with E-state index in [0.29, 0.717) is 13.0 Å². The molecule has 1 fully saturated rings. The Labute approximate surface area is 123 Å². The number of sulfonamides is 1. The van der Waals surface area contributed by atoms with E-state index in [2.05, 4.69) is 10.0 Å². The molecule has 10 heteroatoms. The van der Waals surface area contributed by atoms with Crippen LogP contribution in [-0.2, 0) is 29.1 Å². The van der Waals surface area contributed by atoms with Gasteiger partial charge in [0.1, 0.15) is 0 Å². The summed E-state index contributed by atoms with van der Waals surface area (Å²) in [5.41, 5.74) is -1.47. The summed E-state index contributed by atoms with van der Waals surface area (Å²) in [6.07, 6.45) is 0.453. The lowest BCUT2D eigenvalue weighted by molar-refractivity contribution is -0.147. The molecule has 0 saturated carbocycles. The van der Waals surface area contributed by atoms with E-state index in [1.165, 1.54) is 7.11 Å². The van der Waals surface area contributed by atoms with Crippen molar-refractivity contribution in [3.63, 3.8) is 0 Å². The predicted molar refractivity (Wildman–Crippen MR) is 72.2 cm³/mol. The number of hydrogen-bond donors (Lipinski definition) is 3. The number of carbonyl (C=O) groups is 2. The van der Waals surface area contributed by atoms with Gasteiger partial charge in [-0.2, -0.15) is 0 Å². The van der Waals surface area contributed by atoms with Crippen molar-refractivity contribution < 1.29 is 32.6 Å². The number of rotatable bonds is 9. The lowest BCUT2D eigenvalue weighted by atomic mass is 9.99. The standard InChI is InChI=1S/C11H20N2O7S/c1-19-4-2-6-21(17,18)12-7-9(14)13-11(10(15)16)3-5-20-8-11/h12H,2-8H2,1H3,(H,13,14)(H,15,16). The third kappa shape index (κ3) is 5.58. The molecule has 9 nitrogen and oxygen atoms in total. The van der Waals surface area contributed by atoms with Crippen molar-refractivity contribution >= 4 is 21.9 Å². The lowest BCUT2D eigenvalue weighted by Gasteiger charge is -2.23. The van der Waals surface area contributed by atoms with Crippen LogP contribution in [0.3, 0.4) is 0 Å². The molecule has 1 rings (SSSR count). The van der Waals surface area contributed by atoms with Crippen LogP contribution in [0.2, 0.25) is 0 Å². The van der Waals surface area contributed by atoms with Crippen molar-refractivity contribution in [1.82, 2.24) is 10.0 Å². The highest BCUT2D eigenvalue weighted by molar-refractivity contribution is 7.89. The minimum atomic E-state index is -3.59. The second-order valence-electron chi connectivity index (χ2n) is 4.72. The van der Waals surface area contributed by atoms with Crippen molar-refractivity contribution in [2.75, 3.05) is 39.2 Å². The van der Waals surface area contributed by atoms with Gasteiger partial charge in [0, 0.05) is 26.7 Å². The Morgan fingerprint density at radius 2 is 2.14 bits per heavy atom. The van der Waals surface area contributed by atoms with Crippen molar-refractivity contribution in [2.45, 2.75) is 18.4 Å². The number of ether oxygens (including phenoxy) is 2. The summed E-state index contributed by atoms with van der Waals surface area (Å²) in [5.74, 6) is -2.07. The van der Waals surface area contributed by atoms with Gasteiger partial charge in [-0.15, -0.1) is 0 Å². The van der Waals surface area contributed by atoms with Gasteiger partial charge in [-0.25, -0.2) is 17.9 Å². The first kappa shape index (κ1) is 17.8. The average Bonchev–Trinajstić information content (AvgIpc) is 2.87. The molecule has 1 aliphatic heterocycles. The average molecular weight is 324 g/mol. The molecule has 1 saturated heterocycles. The maximum atomic E-state index is 11.7. The Balaban J connectivity index is 2.45. The predicted octanol–water partition coefficient (Wildman–Crippen LogP) is -1.70. The molecule has 0 aromatic rings. The van der Waals surface area contributed by atoms with E-state index in [1.807, 2.05) is 0 Å². The maximum Gasteiger partial charge on any atom is 0.331 e. The van der Waals surface area contributed by atoms with Crippen LogP contribution >= 0.6 is 0 Å². The molecule has 1 unspecified atom stereocenters. The van der Waals surface area contributed by atoms with Gasteiger partial charge in [0.2, 0.25) is 15.9 Å². The first-order valence-corrected chi connectivity index (χ1v) is 8.05. The van der Waals surface area contributed by atoms with Crippen LogP contribution in [0.5, 0.6) is 0 Å². The molecule has 0 aromatic carbocycles. The normalized spacial score (nSPS) is 22.1. The van der Waals surface area contributed by atoms with Crippen LogP contribution in [0.15, 0.2) is 0 Å². The number of methoxy groups -OCH3 is 1. The quantitative estimate of drug-likeness (QED) is 0.431. The molecule has 3 N–H and O–H groups in total. The number of amides is 1. The Morgan fingerprint density at radius 1 is 1.43 bits per heavy atom. The zero-order valence-corrected chi connectivity index (χ0v) is 12.6. The second kappa shape index (κ2) is 7.69. The van der Waals surface area contributed by atoms with Crippen molar-refractivity contribution in [2.24, 2.45) is 0 Å². The molecule has 21 heavy (non-hydrogen) atoms. The fourth-order valence-corrected chi connectivity index (χ4v) is 2.83. The molecule has 122 valence electrons. The minimum absolute atomic E-state index is 0.130. The molecule has 0 spiro atoms. The van der Waals surface area contributed by atoms with Crippen molar-refractivity contribution in [3.8, 4) is 0 Å². The van der Waals surface area contributed by atoms with Crippen LogP contribution < -0.4 is 10.0 Å². The highest BCUT2D eigenvalue weighted by Crippen LogP contribution is 2.18. The van der Waals surface area contributed by atoms with Crippen LogP contribution in [0.4, 0.5) is 0 Å². The topological polar surface area (TPSA) is 131 Å². The van der Waals surface area contributed by atoms with Crippen LogP contribution in [0.1, 0.15) is 12.8 Å². The Hall–Kier alpha value is -1.23. The third-order valence-electron chi connectivity index (χ3n) is 3.02. The van der Waals surface area contributed by atoms with E-state index >= 15 is 0 Å². The highest BCUT2D eigenvalue weighted by Gasteiger charge is 2.43. The SMILES string of the molecule is COCCCS(=O)(=O)NCC(=O)NC1(C(=O)O)CCOC1. The Morgan fingerprint density at radius 3 is 2.67 bits per heavy atom. The Bertz CT molecular complexity index is 471. The van der Waals surface area contributed by atoms with Crippen LogP contribution in [-0.4, -0.2) is 70.2 Å². The zero-order chi connectivity index (χ0) is 15.9. The largest absolute Gasteiger partial charge is 0.479 e. The number of carbonyl (C=O) groups excluding carboxylic acids is 1.